The molecular formula is C24H26I2N2. The first-order valence-corrected chi connectivity index (χ1v) is 9.66. The second-order valence-electron chi connectivity index (χ2n) is 6.94. The van der Waals surface area contributed by atoms with Crippen molar-refractivity contribution in [3.05, 3.63) is 85.2 Å². The van der Waals surface area contributed by atoms with Crippen LogP contribution in [-0.2, 0) is 13.1 Å². The summed E-state index contributed by atoms with van der Waals surface area (Å²) in [7, 11) is 0. The van der Waals surface area contributed by atoms with E-state index in [0.29, 0.717) is 0 Å². The summed E-state index contributed by atoms with van der Waals surface area (Å²) in [5, 5.41) is 2.64. The van der Waals surface area contributed by atoms with Gasteiger partial charge in [-0.25, -0.2) is 0 Å². The molecule has 0 aliphatic carbocycles. The molecule has 0 fully saturated rings. The predicted octanol–water partition coefficient (Wildman–Crippen LogP) is -1.16. The van der Waals surface area contributed by atoms with Gasteiger partial charge in [-0.15, -0.1) is 0 Å². The molecule has 0 unspecified atom stereocenters. The minimum Gasteiger partial charge on any atom is -1.00 e. The van der Waals surface area contributed by atoms with Crippen LogP contribution in [0.3, 0.4) is 0 Å². The lowest BCUT2D eigenvalue weighted by Crippen LogP contribution is -3.00. The Labute approximate surface area is 201 Å². The van der Waals surface area contributed by atoms with Crippen molar-refractivity contribution in [1.29, 1.82) is 0 Å². The number of para-hydroxylation sites is 2. The van der Waals surface area contributed by atoms with E-state index in [1.165, 1.54) is 47.5 Å². The Hall–Kier alpha value is -1.28. The fourth-order valence-electron chi connectivity index (χ4n) is 3.75. The van der Waals surface area contributed by atoms with E-state index in [2.05, 4.69) is 94.3 Å². The molecule has 4 rings (SSSR count). The third-order valence-corrected chi connectivity index (χ3v) is 5.12. The van der Waals surface area contributed by atoms with E-state index in [9.17, 15) is 0 Å². The molecule has 0 atom stereocenters. The van der Waals surface area contributed by atoms with Crippen LogP contribution in [0.1, 0.15) is 25.7 Å². The van der Waals surface area contributed by atoms with E-state index in [1.807, 2.05) is 0 Å². The lowest BCUT2D eigenvalue weighted by Gasteiger charge is -2.03. The van der Waals surface area contributed by atoms with Gasteiger partial charge in [-0.2, -0.15) is 9.13 Å². The number of benzene rings is 2. The minimum absolute atomic E-state index is 0. The zero-order valence-electron chi connectivity index (χ0n) is 16.0. The fourth-order valence-corrected chi connectivity index (χ4v) is 3.75. The predicted molar refractivity (Wildman–Crippen MR) is 107 cm³/mol. The fraction of sp³-hybridized carbons (Fsp3) is 0.250. The van der Waals surface area contributed by atoms with Gasteiger partial charge in [0.1, 0.15) is 13.1 Å². The second kappa shape index (κ2) is 11.7. The van der Waals surface area contributed by atoms with Crippen LogP contribution in [0.5, 0.6) is 0 Å². The number of rotatable bonds is 7. The Morgan fingerprint density at radius 2 is 0.857 bits per heavy atom. The van der Waals surface area contributed by atoms with Gasteiger partial charge < -0.3 is 48.0 Å². The van der Waals surface area contributed by atoms with Crippen LogP contribution in [0.4, 0.5) is 0 Å². The largest absolute Gasteiger partial charge is 1.00 e. The highest BCUT2D eigenvalue weighted by Gasteiger charge is 2.08. The summed E-state index contributed by atoms with van der Waals surface area (Å²) in [6.45, 7) is 2.20. The maximum atomic E-state index is 2.38. The van der Waals surface area contributed by atoms with Crippen LogP contribution in [0.25, 0.3) is 21.8 Å². The van der Waals surface area contributed by atoms with Crippen LogP contribution in [0, 0.1) is 0 Å². The van der Waals surface area contributed by atoms with Gasteiger partial charge in [0.25, 0.3) is 0 Å². The topological polar surface area (TPSA) is 7.76 Å². The zero-order valence-corrected chi connectivity index (χ0v) is 20.3. The molecule has 2 heterocycles. The molecule has 0 amide bonds. The van der Waals surface area contributed by atoms with Crippen LogP contribution >= 0.6 is 0 Å². The van der Waals surface area contributed by atoms with E-state index >= 15 is 0 Å². The molecular weight excluding hydrogens is 570 g/mol. The highest BCUT2D eigenvalue weighted by molar-refractivity contribution is 5.75. The number of halogens is 2. The van der Waals surface area contributed by atoms with Crippen LogP contribution < -0.4 is 57.1 Å². The average Bonchev–Trinajstić information content (AvgIpc) is 2.71. The Morgan fingerprint density at radius 3 is 1.32 bits per heavy atom. The molecule has 0 aliphatic heterocycles. The summed E-state index contributed by atoms with van der Waals surface area (Å²) >= 11 is 0. The first kappa shape index (κ1) is 23.0. The molecule has 2 aromatic carbocycles. The normalized spacial score (nSPS) is 10.4. The number of nitrogens with zero attached hydrogens (tertiary/aromatic N) is 2. The number of unbranched alkanes of at least 4 members (excludes halogenated alkanes) is 3. The number of aromatic nitrogens is 2. The highest BCUT2D eigenvalue weighted by Crippen LogP contribution is 2.10. The molecule has 0 radical (unpaired) electrons. The molecule has 4 aromatic rings. The van der Waals surface area contributed by atoms with Crippen molar-refractivity contribution >= 4 is 21.8 Å². The Balaban J connectivity index is 0.00000140. The van der Waals surface area contributed by atoms with Gasteiger partial charge in [-0.1, -0.05) is 24.3 Å². The van der Waals surface area contributed by atoms with Crippen molar-refractivity contribution < 1.29 is 57.1 Å². The Kier molecular flexibility index (Phi) is 9.58. The van der Waals surface area contributed by atoms with E-state index in [1.54, 1.807) is 0 Å². The maximum Gasteiger partial charge on any atom is 0.212 e. The Bertz CT molecular complexity index is 923. The van der Waals surface area contributed by atoms with Gasteiger partial charge >= 0.3 is 0 Å². The molecule has 4 heteroatoms. The number of fused-ring (bicyclic) bond motifs is 2. The highest BCUT2D eigenvalue weighted by atomic mass is 127. The van der Waals surface area contributed by atoms with Crippen molar-refractivity contribution in [3.63, 3.8) is 0 Å². The molecule has 0 spiro atoms. The quantitative estimate of drug-likeness (QED) is 0.145. The molecule has 0 saturated carbocycles. The molecule has 28 heavy (non-hydrogen) atoms. The molecule has 0 bridgehead atoms. The second-order valence-corrected chi connectivity index (χ2v) is 6.94. The van der Waals surface area contributed by atoms with E-state index in [-0.39, 0.29) is 48.0 Å². The summed E-state index contributed by atoms with van der Waals surface area (Å²) in [6, 6.07) is 26.0. The van der Waals surface area contributed by atoms with Gasteiger partial charge in [-0.05, 0) is 37.1 Å². The summed E-state index contributed by atoms with van der Waals surface area (Å²) in [4.78, 5) is 0. The Morgan fingerprint density at radius 1 is 0.464 bits per heavy atom. The summed E-state index contributed by atoms with van der Waals surface area (Å²) in [5.74, 6) is 0. The molecule has 0 saturated heterocycles. The zero-order chi connectivity index (χ0) is 17.6. The standard InChI is InChI=1S/C24H26N2.2HI/c1(7-17-25-19-9-13-21-11-3-5-15-23(21)25)2-8-18-26-20-10-14-22-12-4-6-16-24(22)26;;/h3-6,9-16,19-20H,1-2,7-8,17-18H2;2*1H/q+2;;/p-2. The molecule has 0 aliphatic rings. The monoisotopic (exact) mass is 596 g/mol. The molecule has 2 nitrogen and oxygen atoms in total. The summed E-state index contributed by atoms with van der Waals surface area (Å²) < 4.78 is 4.77. The van der Waals surface area contributed by atoms with Crippen molar-refractivity contribution in [2.45, 2.75) is 38.8 Å². The van der Waals surface area contributed by atoms with Crippen LogP contribution in [0.15, 0.2) is 85.2 Å². The first-order valence-electron chi connectivity index (χ1n) is 9.66. The van der Waals surface area contributed by atoms with Gasteiger partial charge in [0.05, 0.1) is 0 Å². The van der Waals surface area contributed by atoms with Crippen molar-refractivity contribution in [1.82, 2.24) is 0 Å². The van der Waals surface area contributed by atoms with Crippen LogP contribution in [0.2, 0.25) is 0 Å². The van der Waals surface area contributed by atoms with Crippen molar-refractivity contribution in [2.24, 2.45) is 0 Å². The maximum absolute atomic E-state index is 2.38. The first-order chi connectivity index (χ1) is 12.9. The lowest BCUT2D eigenvalue weighted by atomic mass is 10.1. The smallest absolute Gasteiger partial charge is 0.212 e. The van der Waals surface area contributed by atoms with Crippen LogP contribution in [-0.4, -0.2) is 0 Å². The van der Waals surface area contributed by atoms with E-state index < -0.39 is 0 Å². The third kappa shape index (κ3) is 5.63. The average molecular weight is 596 g/mol. The summed E-state index contributed by atoms with van der Waals surface area (Å²) in [6.07, 6.45) is 9.43. The number of pyridine rings is 2. The number of hydrogen-bond acceptors (Lipinski definition) is 0. The third-order valence-electron chi connectivity index (χ3n) is 5.12. The van der Waals surface area contributed by atoms with E-state index in [4.69, 9.17) is 0 Å². The lowest BCUT2D eigenvalue weighted by molar-refractivity contribution is -0.673. The number of aryl methyl sites for hydroxylation is 2. The molecule has 2 aromatic heterocycles. The van der Waals surface area contributed by atoms with Crippen molar-refractivity contribution in [3.8, 4) is 0 Å². The van der Waals surface area contributed by atoms with E-state index in [0.717, 1.165) is 13.1 Å². The van der Waals surface area contributed by atoms with Gasteiger partial charge in [0.2, 0.25) is 11.0 Å². The van der Waals surface area contributed by atoms with Gasteiger partial charge in [0, 0.05) is 47.9 Å². The van der Waals surface area contributed by atoms with Gasteiger partial charge in [0.15, 0.2) is 12.4 Å². The SMILES string of the molecule is [I-].[I-].c1ccc2c(c1)ccc[n+]2CCCCCC[n+]1cccc2ccccc21. The molecule has 0 N–H and O–H groups in total. The van der Waals surface area contributed by atoms with Crippen molar-refractivity contribution in [2.75, 3.05) is 0 Å². The summed E-state index contributed by atoms with van der Waals surface area (Å²) in [5.41, 5.74) is 2.67. The molecule has 146 valence electrons. The number of hydrogen-bond donors (Lipinski definition) is 0. The minimum atomic E-state index is 0. The van der Waals surface area contributed by atoms with Gasteiger partial charge in [-0.3, -0.25) is 0 Å².